The van der Waals surface area contributed by atoms with Crippen LogP contribution in [0.4, 0.5) is 5.82 Å². The highest BCUT2D eigenvalue weighted by molar-refractivity contribution is 6.28. The van der Waals surface area contributed by atoms with Gasteiger partial charge in [0.2, 0.25) is 5.28 Å². The van der Waals surface area contributed by atoms with Crippen molar-refractivity contribution in [1.29, 1.82) is 0 Å². The van der Waals surface area contributed by atoms with Crippen molar-refractivity contribution >= 4 is 28.6 Å². The Labute approximate surface area is 206 Å². The summed E-state index contributed by atoms with van der Waals surface area (Å²) < 4.78 is 7.20. The number of benzene rings is 2. The first kappa shape index (κ1) is 22.4. The number of anilines is 1. The lowest BCUT2D eigenvalue weighted by Crippen LogP contribution is -2.60. The van der Waals surface area contributed by atoms with Crippen LogP contribution >= 0.6 is 11.6 Å². The van der Waals surface area contributed by atoms with Gasteiger partial charge in [-0.05, 0) is 22.7 Å². The highest BCUT2D eigenvalue weighted by atomic mass is 35.5. The van der Waals surface area contributed by atoms with E-state index in [4.69, 9.17) is 16.3 Å². The fraction of sp³-hybridized carbons (Fsp3) is 0.320. The highest BCUT2D eigenvalue weighted by Gasteiger charge is 2.48. The molecule has 0 aliphatic carbocycles. The van der Waals surface area contributed by atoms with Gasteiger partial charge in [0, 0.05) is 13.1 Å². The van der Waals surface area contributed by atoms with Crippen molar-refractivity contribution in [3.05, 3.63) is 83.4 Å². The molecular weight excluding hydrogens is 470 g/mol. The van der Waals surface area contributed by atoms with Gasteiger partial charge in [-0.2, -0.15) is 9.97 Å². The second-order valence-corrected chi connectivity index (χ2v) is 9.38. The van der Waals surface area contributed by atoms with E-state index in [2.05, 4.69) is 44.1 Å². The smallest absolute Gasteiger partial charge is 0.226 e. The van der Waals surface area contributed by atoms with Crippen molar-refractivity contribution in [2.24, 2.45) is 0 Å². The van der Waals surface area contributed by atoms with Gasteiger partial charge in [-0.1, -0.05) is 60.7 Å². The molecule has 180 valence electrons. The number of aliphatic hydroxyl groups is 3. The van der Waals surface area contributed by atoms with E-state index in [1.165, 1.54) is 22.0 Å². The largest absolute Gasteiger partial charge is 0.394 e. The molecule has 2 aromatic carbocycles. The molecule has 2 aliphatic rings. The van der Waals surface area contributed by atoms with E-state index in [9.17, 15) is 15.3 Å². The van der Waals surface area contributed by atoms with Crippen molar-refractivity contribution in [2.45, 2.75) is 30.0 Å². The Morgan fingerprint density at radius 3 is 2.14 bits per heavy atom. The minimum absolute atomic E-state index is 0.0397. The Kier molecular flexibility index (Phi) is 5.46. The minimum atomic E-state index is -1.26. The number of fused-ring (bicyclic) bond motifs is 1. The van der Waals surface area contributed by atoms with Crippen molar-refractivity contribution in [3.8, 4) is 0 Å². The molecule has 0 spiro atoms. The summed E-state index contributed by atoms with van der Waals surface area (Å²) in [6, 6.07) is 20.8. The molecule has 35 heavy (non-hydrogen) atoms. The normalized spacial score (nSPS) is 25.7. The third-order valence-electron chi connectivity index (χ3n) is 7.04. The van der Waals surface area contributed by atoms with E-state index in [1.807, 2.05) is 36.4 Å². The molecule has 2 aliphatic heterocycles. The summed E-state index contributed by atoms with van der Waals surface area (Å²) >= 11 is 6.33. The molecule has 0 saturated carbocycles. The maximum Gasteiger partial charge on any atom is 0.226 e. The molecule has 2 saturated heterocycles. The van der Waals surface area contributed by atoms with Crippen LogP contribution < -0.4 is 4.90 Å². The van der Waals surface area contributed by atoms with E-state index < -0.39 is 31.1 Å². The van der Waals surface area contributed by atoms with Gasteiger partial charge in [0.05, 0.1) is 18.3 Å². The van der Waals surface area contributed by atoms with E-state index >= 15 is 0 Å². The molecule has 9 nitrogen and oxygen atoms in total. The lowest BCUT2D eigenvalue weighted by atomic mass is 9.68. The van der Waals surface area contributed by atoms with Crippen LogP contribution in [0.3, 0.4) is 0 Å². The molecule has 6 rings (SSSR count). The number of nitrogens with zero attached hydrogens (tertiary/aromatic N) is 5. The minimum Gasteiger partial charge on any atom is -0.394 e. The number of rotatable bonds is 5. The van der Waals surface area contributed by atoms with Crippen LogP contribution in [-0.4, -0.2) is 72.8 Å². The summed E-state index contributed by atoms with van der Waals surface area (Å²) in [6.07, 6.45) is -2.87. The Morgan fingerprint density at radius 2 is 1.57 bits per heavy atom. The Hall–Kier alpha value is -3.08. The summed E-state index contributed by atoms with van der Waals surface area (Å²) in [6.45, 7) is 0.922. The zero-order chi connectivity index (χ0) is 24.2. The SMILES string of the molecule is OCC1OC(n2cnc3c(N4CC(c5ccccc5)(c5ccccc5)C4)nc(Cl)nc32)C(O)C1O. The number of halogens is 1. The molecule has 3 N–H and O–H groups in total. The third-order valence-corrected chi connectivity index (χ3v) is 7.21. The predicted octanol–water partition coefficient (Wildman–Crippen LogP) is 1.90. The number of aliphatic hydroxyl groups excluding tert-OH is 3. The van der Waals surface area contributed by atoms with Gasteiger partial charge < -0.3 is 25.0 Å². The molecular formula is C25H24ClN5O4. The summed E-state index contributed by atoms with van der Waals surface area (Å²) in [5.74, 6) is 0.591. The van der Waals surface area contributed by atoms with Crippen LogP contribution in [0.2, 0.25) is 5.28 Å². The molecule has 0 amide bonds. The Balaban J connectivity index is 1.38. The third kappa shape index (κ3) is 3.50. The fourth-order valence-corrected chi connectivity index (χ4v) is 5.35. The second-order valence-electron chi connectivity index (χ2n) is 9.04. The number of hydrogen-bond donors (Lipinski definition) is 3. The maximum atomic E-state index is 10.5. The topological polar surface area (TPSA) is 117 Å². The number of hydrogen-bond acceptors (Lipinski definition) is 8. The van der Waals surface area contributed by atoms with Crippen molar-refractivity contribution < 1.29 is 20.1 Å². The van der Waals surface area contributed by atoms with Crippen molar-refractivity contribution in [3.63, 3.8) is 0 Å². The van der Waals surface area contributed by atoms with Gasteiger partial charge in [0.15, 0.2) is 23.2 Å². The maximum absolute atomic E-state index is 10.5. The van der Waals surface area contributed by atoms with Gasteiger partial charge in [-0.3, -0.25) is 4.57 Å². The molecule has 4 heterocycles. The summed E-state index contributed by atoms with van der Waals surface area (Å²) in [4.78, 5) is 15.5. The van der Waals surface area contributed by atoms with E-state index in [-0.39, 0.29) is 10.7 Å². The average Bonchev–Trinajstić information content (AvgIpc) is 3.40. The summed E-state index contributed by atoms with van der Waals surface area (Å²) in [5, 5.41) is 30.2. The lowest BCUT2D eigenvalue weighted by molar-refractivity contribution is -0.0511. The van der Waals surface area contributed by atoms with Crippen molar-refractivity contribution in [2.75, 3.05) is 24.6 Å². The summed E-state index contributed by atoms with van der Waals surface area (Å²) in [7, 11) is 0. The number of ether oxygens (including phenoxy) is 1. The molecule has 0 radical (unpaired) electrons. The molecule has 4 atom stereocenters. The molecule has 4 aromatic rings. The lowest BCUT2D eigenvalue weighted by Gasteiger charge is -2.51. The van der Waals surface area contributed by atoms with E-state index in [0.29, 0.717) is 30.1 Å². The predicted molar refractivity (Wildman–Crippen MR) is 129 cm³/mol. The monoisotopic (exact) mass is 493 g/mol. The summed E-state index contributed by atoms with van der Waals surface area (Å²) in [5.41, 5.74) is 3.12. The number of aromatic nitrogens is 4. The van der Waals surface area contributed by atoms with Gasteiger partial charge in [0.25, 0.3) is 0 Å². The molecule has 4 unspecified atom stereocenters. The van der Waals surface area contributed by atoms with E-state index in [0.717, 1.165) is 0 Å². The first-order valence-electron chi connectivity index (χ1n) is 11.4. The van der Waals surface area contributed by atoms with Crippen LogP contribution in [0.15, 0.2) is 67.0 Å². The van der Waals surface area contributed by atoms with Crippen LogP contribution in [-0.2, 0) is 10.2 Å². The Bertz CT molecular complexity index is 1300. The van der Waals surface area contributed by atoms with Gasteiger partial charge >= 0.3 is 0 Å². The average molecular weight is 494 g/mol. The second kappa shape index (κ2) is 8.54. The first-order chi connectivity index (χ1) is 17.0. The molecule has 0 bridgehead atoms. The van der Waals surface area contributed by atoms with Crippen molar-refractivity contribution in [1.82, 2.24) is 19.5 Å². The van der Waals surface area contributed by atoms with Gasteiger partial charge in [0.1, 0.15) is 18.3 Å². The van der Waals surface area contributed by atoms with E-state index in [1.54, 1.807) is 0 Å². The van der Waals surface area contributed by atoms with Crippen LogP contribution in [0.5, 0.6) is 0 Å². The van der Waals surface area contributed by atoms with Gasteiger partial charge in [-0.25, -0.2) is 4.98 Å². The quantitative estimate of drug-likeness (QED) is 0.361. The molecule has 10 heteroatoms. The number of imidazole rings is 1. The Morgan fingerprint density at radius 1 is 0.943 bits per heavy atom. The van der Waals surface area contributed by atoms with Crippen LogP contribution in [0.1, 0.15) is 17.4 Å². The van der Waals surface area contributed by atoms with Crippen LogP contribution in [0.25, 0.3) is 11.2 Å². The molecule has 2 fully saturated rings. The fourth-order valence-electron chi connectivity index (χ4n) is 5.19. The van der Waals surface area contributed by atoms with Crippen LogP contribution in [0, 0.1) is 0 Å². The zero-order valence-electron chi connectivity index (χ0n) is 18.6. The molecule has 2 aromatic heterocycles. The standard InChI is InChI=1S/C25H24ClN5O4/c26-24-28-21(18-22(29-24)31(14-27-18)23-20(34)19(33)17(11-32)35-23)30-12-25(13-30,15-7-3-1-4-8-15)16-9-5-2-6-10-16/h1-10,14,17,19-20,23,32-34H,11-13H2. The van der Waals surface area contributed by atoms with Gasteiger partial charge in [-0.15, -0.1) is 0 Å². The highest BCUT2D eigenvalue weighted by Crippen LogP contribution is 2.44. The zero-order valence-corrected chi connectivity index (χ0v) is 19.4. The first-order valence-corrected chi connectivity index (χ1v) is 11.8.